The molecule has 28 heavy (non-hydrogen) atoms. The standard InChI is InChI=1S/C18H16ClF3N2O3S/c19-13-6-5-10(7-16(13)28(26,27)24-11-3-1-2-4-11)18(25)23-12-8-14(20)17(22)15(21)9-12/h5-9,11,24H,1-4H2,(H,23,25). The Hall–Kier alpha value is -2.10. The van der Waals surface area contributed by atoms with Gasteiger partial charge < -0.3 is 5.32 Å². The highest BCUT2D eigenvalue weighted by Crippen LogP contribution is 2.26. The normalized spacial score (nSPS) is 15.0. The molecule has 0 aromatic heterocycles. The van der Waals surface area contributed by atoms with Gasteiger partial charge in [0, 0.05) is 29.4 Å². The Kier molecular flexibility index (Phi) is 5.97. The van der Waals surface area contributed by atoms with E-state index >= 15 is 0 Å². The molecule has 1 amide bonds. The van der Waals surface area contributed by atoms with Crippen LogP contribution >= 0.6 is 11.6 Å². The van der Waals surface area contributed by atoms with E-state index in [0.717, 1.165) is 31.7 Å². The fraction of sp³-hybridized carbons (Fsp3) is 0.278. The van der Waals surface area contributed by atoms with Crippen LogP contribution < -0.4 is 10.0 Å². The van der Waals surface area contributed by atoms with Gasteiger partial charge in [-0.3, -0.25) is 4.79 Å². The number of rotatable bonds is 5. The third kappa shape index (κ3) is 4.48. The van der Waals surface area contributed by atoms with Crippen LogP contribution in [0.1, 0.15) is 36.0 Å². The zero-order valence-electron chi connectivity index (χ0n) is 14.4. The first-order valence-corrected chi connectivity index (χ1v) is 10.3. The Morgan fingerprint density at radius 1 is 1.04 bits per heavy atom. The topological polar surface area (TPSA) is 75.3 Å². The molecular formula is C18H16ClF3N2O3S. The number of nitrogens with one attached hydrogen (secondary N) is 2. The van der Waals surface area contributed by atoms with Gasteiger partial charge in [-0.15, -0.1) is 0 Å². The Balaban J connectivity index is 1.85. The molecule has 150 valence electrons. The first-order valence-electron chi connectivity index (χ1n) is 8.45. The van der Waals surface area contributed by atoms with Crippen LogP contribution in [0.3, 0.4) is 0 Å². The number of anilines is 1. The van der Waals surface area contributed by atoms with E-state index in [0.29, 0.717) is 12.1 Å². The van der Waals surface area contributed by atoms with Crippen LogP contribution in [0.25, 0.3) is 0 Å². The largest absolute Gasteiger partial charge is 0.322 e. The van der Waals surface area contributed by atoms with Gasteiger partial charge in [0.15, 0.2) is 17.5 Å². The maximum absolute atomic E-state index is 13.3. The zero-order chi connectivity index (χ0) is 20.5. The SMILES string of the molecule is O=C(Nc1cc(F)c(F)c(F)c1)c1ccc(Cl)c(S(=O)(=O)NC2CCCC2)c1. The van der Waals surface area contributed by atoms with Crippen molar-refractivity contribution in [2.24, 2.45) is 0 Å². The lowest BCUT2D eigenvalue weighted by molar-refractivity contribution is 0.102. The van der Waals surface area contributed by atoms with Crippen molar-refractivity contribution in [1.82, 2.24) is 4.72 Å². The third-order valence-corrected chi connectivity index (χ3v) is 6.40. The molecule has 0 aliphatic heterocycles. The van der Waals surface area contributed by atoms with Crippen molar-refractivity contribution in [2.75, 3.05) is 5.32 Å². The van der Waals surface area contributed by atoms with Crippen LogP contribution in [0.5, 0.6) is 0 Å². The molecule has 1 saturated carbocycles. The lowest BCUT2D eigenvalue weighted by atomic mass is 10.2. The minimum absolute atomic E-state index is 0.0686. The number of benzene rings is 2. The fourth-order valence-corrected chi connectivity index (χ4v) is 4.84. The van der Waals surface area contributed by atoms with E-state index in [1.54, 1.807) is 0 Å². The van der Waals surface area contributed by atoms with E-state index in [9.17, 15) is 26.4 Å². The van der Waals surface area contributed by atoms with Crippen molar-refractivity contribution in [3.8, 4) is 0 Å². The second-order valence-electron chi connectivity index (χ2n) is 6.46. The predicted molar refractivity (Wildman–Crippen MR) is 98.3 cm³/mol. The molecule has 0 saturated heterocycles. The highest BCUT2D eigenvalue weighted by molar-refractivity contribution is 7.89. The lowest BCUT2D eigenvalue weighted by Gasteiger charge is -2.14. The molecule has 0 atom stereocenters. The lowest BCUT2D eigenvalue weighted by Crippen LogP contribution is -2.33. The van der Waals surface area contributed by atoms with Gasteiger partial charge in [0.05, 0.1) is 5.02 Å². The summed E-state index contributed by atoms with van der Waals surface area (Å²) in [4.78, 5) is 12.1. The molecule has 10 heteroatoms. The summed E-state index contributed by atoms with van der Waals surface area (Å²) in [7, 11) is -3.95. The quantitative estimate of drug-likeness (QED) is 0.694. The van der Waals surface area contributed by atoms with Crippen molar-refractivity contribution < 1.29 is 26.4 Å². The molecule has 1 aliphatic rings. The van der Waals surface area contributed by atoms with Gasteiger partial charge in [0.2, 0.25) is 10.0 Å². The molecular weight excluding hydrogens is 417 g/mol. The van der Waals surface area contributed by atoms with Gasteiger partial charge in [0.1, 0.15) is 4.90 Å². The summed E-state index contributed by atoms with van der Waals surface area (Å²) in [5.74, 6) is -5.42. The molecule has 3 rings (SSSR count). The number of hydrogen-bond donors (Lipinski definition) is 2. The van der Waals surface area contributed by atoms with Gasteiger partial charge in [-0.05, 0) is 31.0 Å². The van der Waals surface area contributed by atoms with Crippen molar-refractivity contribution in [2.45, 2.75) is 36.6 Å². The maximum atomic E-state index is 13.3. The van der Waals surface area contributed by atoms with E-state index in [4.69, 9.17) is 11.6 Å². The third-order valence-electron chi connectivity index (χ3n) is 4.40. The summed E-state index contributed by atoms with van der Waals surface area (Å²) in [6, 6.07) is 4.62. The first kappa shape index (κ1) is 20.6. The number of halogens is 4. The zero-order valence-corrected chi connectivity index (χ0v) is 16.0. The molecule has 0 bridgehead atoms. The van der Waals surface area contributed by atoms with Crippen molar-refractivity contribution >= 4 is 33.2 Å². The molecule has 5 nitrogen and oxygen atoms in total. The number of hydrogen-bond acceptors (Lipinski definition) is 3. The second-order valence-corrected chi connectivity index (χ2v) is 8.55. The van der Waals surface area contributed by atoms with Crippen molar-refractivity contribution in [3.05, 3.63) is 58.4 Å². The summed E-state index contributed by atoms with van der Waals surface area (Å²) in [5.41, 5.74) is -0.411. The van der Waals surface area contributed by atoms with Gasteiger partial charge >= 0.3 is 0 Å². The molecule has 0 unspecified atom stereocenters. The van der Waals surface area contributed by atoms with Crippen LogP contribution in [0, 0.1) is 17.5 Å². The smallest absolute Gasteiger partial charge is 0.255 e. The highest BCUT2D eigenvalue weighted by atomic mass is 35.5. The first-order chi connectivity index (χ1) is 13.2. The van der Waals surface area contributed by atoms with E-state index < -0.39 is 33.4 Å². The monoisotopic (exact) mass is 432 g/mol. The Morgan fingerprint density at radius 3 is 2.25 bits per heavy atom. The average Bonchev–Trinajstić information content (AvgIpc) is 3.12. The minimum Gasteiger partial charge on any atom is -0.322 e. The summed E-state index contributed by atoms with van der Waals surface area (Å²) in [5, 5.41) is 2.13. The summed E-state index contributed by atoms with van der Waals surface area (Å²) >= 11 is 6.00. The van der Waals surface area contributed by atoms with Crippen molar-refractivity contribution in [3.63, 3.8) is 0 Å². The van der Waals surface area contributed by atoms with E-state index in [1.165, 1.54) is 12.1 Å². The maximum Gasteiger partial charge on any atom is 0.255 e. The number of carbonyl (C=O) groups excluding carboxylic acids is 1. The van der Waals surface area contributed by atoms with Crippen LogP contribution in [-0.2, 0) is 10.0 Å². The van der Waals surface area contributed by atoms with Gasteiger partial charge in [0.25, 0.3) is 5.91 Å². The van der Waals surface area contributed by atoms with E-state index in [-0.39, 0.29) is 27.2 Å². The molecule has 1 aliphatic carbocycles. The highest BCUT2D eigenvalue weighted by Gasteiger charge is 2.26. The molecule has 0 radical (unpaired) electrons. The van der Waals surface area contributed by atoms with E-state index in [1.807, 2.05) is 0 Å². The molecule has 0 spiro atoms. The number of amides is 1. The Morgan fingerprint density at radius 2 is 1.64 bits per heavy atom. The van der Waals surface area contributed by atoms with Gasteiger partial charge in [-0.1, -0.05) is 24.4 Å². The van der Waals surface area contributed by atoms with Gasteiger partial charge in [-0.2, -0.15) is 0 Å². The van der Waals surface area contributed by atoms with Crippen LogP contribution in [0.4, 0.5) is 18.9 Å². The van der Waals surface area contributed by atoms with Crippen molar-refractivity contribution in [1.29, 1.82) is 0 Å². The second kappa shape index (κ2) is 8.10. The summed E-state index contributed by atoms with van der Waals surface area (Å²) in [6.07, 6.45) is 3.29. The number of carbonyl (C=O) groups is 1. The van der Waals surface area contributed by atoms with Crippen LogP contribution in [0.15, 0.2) is 35.2 Å². The van der Waals surface area contributed by atoms with E-state index in [2.05, 4.69) is 10.0 Å². The van der Waals surface area contributed by atoms with Crippen LogP contribution in [-0.4, -0.2) is 20.4 Å². The summed E-state index contributed by atoms with van der Waals surface area (Å²) < 4.78 is 67.4. The molecule has 1 fully saturated rings. The van der Waals surface area contributed by atoms with Crippen LogP contribution in [0.2, 0.25) is 5.02 Å². The Bertz CT molecular complexity index is 1000. The predicted octanol–water partition coefficient (Wildman–Crippen LogP) is 4.23. The molecule has 2 aromatic rings. The Labute approximate surface area is 164 Å². The minimum atomic E-state index is -3.95. The molecule has 2 aromatic carbocycles. The average molecular weight is 433 g/mol. The summed E-state index contributed by atoms with van der Waals surface area (Å²) in [6.45, 7) is 0. The molecule has 2 N–H and O–H groups in total. The fourth-order valence-electron chi connectivity index (χ4n) is 3.01. The number of sulfonamides is 1. The molecule has 0 heterocycles. The van der Waals surface area contributed by atoms with Gasteiger partial charge in [-0.25, -0.2) is 26.3 Å².